The molecule has 0 amide bonds. The van der Waals surface area contributed by atoms with Crippen molar-refractivity contribution in [2.45, 2.75) is 37.4 Å². The normalized spacial score (nSPS) is 17.9. The van der Waals surface area contributed by atoms with Gasteiger partial charge in [0.15, 0.2) is 0 Å². The van der Waals surface area contributed by atoms with Crippen molar-refractivity contribution in [2.75, 3.05) is 13.1 Å². The Balaban J connectivity index is 1.97. The third-order valence-corrected chi connectivity index (χ3v) is 6.22. The maximum atomic E-state index is 12.1. The van der Waals surface area contributed by atoms with E-state index < -0.39 is 10.0 Å². The number of thiophene rings is 1. The number of hydrogen-bond acceptors (Lipinski definition) is 4. The van der Waals surface area contributed by atoms with Gasteiger partial charge in [-0.3, -0.25) is 0 Å². The van der Waals surface area contributed by atoms with Crippen LogP contribution in [0, 0.1) is 5.41 Å². The quantitative estimate of drug-likeness (QED) is 0.806. The van der Waals surface area contributed by atoms with Gasteiger partial charge < -0.3 is 5.32 Å². The molecule has 0 aliphatic heterocycles. The van der Waals surface area contributed by atoms with Crippen LogP contribution in [0.5, 0.6) is 0 Å². The summed E-state index contributed by atoms with van der Waals surface area (Å²) in [6.07, 6.45) is 2.23. The Labute approximate surface area is 113 Å². The topological polar surface area (TPSA) is 58.2 Å². The molecule has 2 N–H and O–H groups in total. The average Bonchev–Trinajstić information content (AvgIpc) is 2.89. The monoisotopic (exact) mass is 288 g/mol. The van der Waals surface area contributed by atoms with E-state index in [1.807, 2.05) is 13.0 Å². The van der Waals surface area contributed by atoms with Crippen LogP contribution in [0.25, 0.3) is 0 Å². The number of hydrogen-bond donors (Lipinski definition) is 2. The Hall–Kier alpha value is -0.430. The van der Waals surface area contributed by atoms with E-state index in [2.05, 4.69) is 17.0 Å². The van der Waals surface area contributed by atoms with Crippen LogP contribution >= 0.6 is 11.3 Å². The molecule has 1 aromatic rings. The molecular weight excluding hydrogens is 268 g/mol. The summed E-state index contributed by atoms with van der Waals surface area (Å²) in [5.74, 6) is 0. The molecule has 1 saturated carbocycles. The van der Waals surface area contributed by atoms with Gasteiger partial charge in [-0.1, -0.05) is 13.8 Å². The van der Waals surface area contributed by atoms with Gasteiger partial charge in [0, 0.05) is 18.0 Å². The lowest BCUT2D eigenvalue weighted by molar-refractivity contribution is 0.531. The molecule has 1 aliphatic carbocycles. The molecule has 6 heteroatoms. The molecule has 0 saturated heterocycles. The highest BCUT2D eigenvalue weighted by molar-refractivity contribution is 7.91. The zero-order valence-corrected chi connectivity index (χ0v) is 12.5. The first-order valence-electron chi connectivity index (χ1n) is 6.24. The fourth-order valence-electron chi connectivity index (χ4n) is 1.58. The summed E-state index contributed by atoms with van der Waals surface area (Å²) in [5, 5.41) is 3.19. The second-order valence-electron chi connectivity index (χ2n) is 5.14. The van der Waals surface area contributed by atoms with E-state index in [1.165, 1.54) is 11.3 Å². The first-order valence-corrected chi connectivity index (χ1v) is 8.54. The third-order valence-electron chi connectivity index (χ3n) is 3.24. The lowest BCUT2D eigenvalue weighted by atomic mass is 10.2. The van der Waals surface area contributed by atoms with Crippen LogP contribution in [0.4, 0.5) is 0 Å². The zero-order valence-electron chi connectivity index (χ0n) is 10.8. The van der Waals surface area contributed by atoms with Crippen LogP contribution < -0.4 is 10.0 Å². The number of sulfonamides is 1. The summed E-state index contributed by atoms with van der Waals surface area (Å²) < 4.78 is 27.3. The SMILES string of the molecule is CCNCc1ccc(S(=O)(=O)NCC2(C)CC2)s1. The van der Waals surface area contributed by atoms with E-state index in [0.717, 1.165) is 30.8 Å². The van der Waals surface area contributed by atoms with Crippen molar-refractivity contribution < 1.29 is 8.42 Å². The van der Waals surface area contributed by atoms with Crippen molar-refractivity contribution in [3.8, 4) is 0 Å². The van der Waals surface area contributed by atoms with Crippen molar-refractivity contribution in [3.05, 3.63) is 17.0 Å². The van der Waals surface area contributed by atoms with Crippen molar-refractivity contribution in [3.63, 3.8) is 0 Å². The number of rotatable bonds is 7. The lowest BCUT2D eigenvalue weighted by Crippen LogP contribution is -2.28. The first-order chi connectivity index (χ1) is 8.45. The van der Waals surface area contributed by atoms with Gasteiger partial charge in [-0.05, 0) is 36.9 Å². The van der Waals surface area contributed by atoms with Gasteiger partial charge in [0.1, 0.15) is 4.21 Å². The van der Waals surface area contributed by atoms with Crippen molar-refractivity contribution >= 4 is 21.4 Å². The highest BCUT2D eigenvalue weighted by Crippen LogP contribution is 2.44. The molecule has 1 aliphatic rings. The first kappa shape index (κ1) is 14.0. The average molecular weight is 288 g/mol. The van der Waals surface area contributed by atoms with E-state index in [1.54, 1.807) is 6.07 Å². The van der Waals surface area contributed by atoms with Crippen LogP contribution in [-0.4, -0.2) is 21.5 Å². The molecule has 0 bridgehead atoms. The maximum absolute atomic E-state index is 12.1. The summed E-state index contributed by atoms with van der Waals surface area (Å²) in [7, 11) is -3.32. The van der Waals surface area contributed by atoms with Gasteiger partial charge >= 0.3 is 0 Å². The largest absolute Gasteiger partial charge is 0.312 e. The molecule has 0 radical (unpaired) electrons. The van der Waals surface area contributed by atoms with Crippen LogP contribution in [0.15, 0.2) is 16.3 Å². The maximum Gasteiger partial charge on any atom is 0.250 e. The summed E-state index contributed by atoms with van der Waals surface area (Å²) in [6.45, 7) is 6.31. The minimum Gasteiger partial charge on any atom is -0.312 e. The van der Waals surface area contributed by atoms with Gasteiger partial charge in [0.25, 0.3) is 0 Å². The Bertz CT molecular complexity index is 504. The van der Waals surface area contributed by atoms with E-state index in [0.29, 0.717) is 10.8 Å². The molecule has 0 spiro atoms. The number of nitrogens with one attached hydrogen (secondary N) is 2. The van der Waals surface area contributed by atoms with E-state index in [-0.39, 0.29) is 5.41 Å². The molecule has 1 heterocycles. The molecule has 1 aromatic heterocycles. The van der Waals surface area contributed by atoms with Crippen LogP contribution in [0.1, 0.15) is 31.6 Å². The Morgan fingerprint density at radius 1 is 1.39 bits per heavy atom. The third kappa shape index (κ3) is 3.54. The predicted octanol–water partition coefficient (Wildman–Crippen LogP) is 1.94. The fourth-order valence-corrected chi connectivity index (χ4v) is 4.15. The van der Waals surface area contributed by atoms with Crippen LogP contribution in [0.3, 0.4) is 0 Å². The van der Waals surface area contributed by atoms with Gasteiger partial charge in [-0.25, -0.2) is 13.1 Å². The molecule has 0 unspecified atom stereocenters. The Kier molecular flexibility index (Phi) is 4.11. The van der Waals surface area contributed by atoms with Crippen molar-refractivity contribution in [1.29, 1.82) is 0 Å². The molecule has 0 atom stereocenters. The molecular formula is C12H20N2O2S2. The predicted molar refractivity (Wildman–Crippen MR) is 74.2 cm³/mol. The smallest absolute Gasteiger partial charge is 0.250 e. The van der Waals surface area contributed by atoms with Gasteiger partial charge in [-0.2, -0.15) is 0 Å². The van der Waals surface area contributed by atoms with Gasteiger partial charge in [0.05, 0.1) is 0 Å². The van der Waals surface area contributed by atoms with E-state index in [4.69, 9.17) is 0 Å². The second kappa shape index (κ2) is 5.28. The standard InChI is InChI=1S/C12H20N2O2S2/c1-3-13-8-10-4-5-11(17-10)18(15,16)14-9-12(2)6-7-12/h4-5,13-14H,3,6-9H2,1-2H3. The van der Waals surface area contributed by atoms with Crippen LogP contribution in [-0.2, 0) is 16.6 Å². The van der Waals surface area contributed by atoms with E-state index in [9.17, 15) is 8.42 Å². The molecule has 0 aromatic carbocycles. The summed E-state index contributed by atoms with van der Waals surface area (Å²) >= 11 is 1.34. The van der Waals surface area contributed by atoms with Gasteiger partial charge in [-0.15, -0.1) is 11.3 Å². The van der Waals surface area contributed by atoms with Crippen molar-refractivity contribution in [1.82, 2.24) is 10.0 Å². The summed E-state index contributed by atoms with van der Waals surface area (Å²) in [4.78, 5) is 1.05. The molecule has 18 heavy (non-hydrogen) atoms. The Morgan fingerprint density at radius 3 is 2.72 bits per heavy atom. The molecule has 4 nitrogen and oxygen atoms in total. The van der Waals surface area contributed by atoms with E-state index >= 15 is 0 Å². The zero-order chi connectivity index (χ0) is 13.2. The minimum atomic E-state index is -3.32. The highest BCUT2D eigenvalue weighted by atomic mass is 32.2. The molecule has 2 rings (SSSR count). The minimum absolute atomic E-state index is 0.191. The summed E-state index contributed by atoms with van der Waals surface area (Å²) in [5.41, 5.74) is 0.191. The van der Waals surface area contributed by atoms with Crippen LogP contribution in [0.2, 0.25) is 0 Å². The molecule has 1 fully saturated rings. The lowest BCUT2D eigenvalue weighted by Gasteiger charge is -2.09. The summed E-state index contributed by atoms with van der Waals surface area (Å²) in [6, 6.07) is 3.57. The second-order valence-corrected chi connectivity index (χ2v) is 8.30. The van der Waals surface area contributed by atoms with Gasteiger partial charge in [0.2, 0.25) is 10.0 Å². The fraction of sp³-hybridized carbons (Fsp3) is 0.667. The Morgan fingerprint density at radius 2 is 2.11 bits per heavy atom. The van der Waals surface area contributed by atoms with Crippen molar-refractivity contribution in [2.24, 2.45) is 5.41 Å². The highest BCUT2D eigenvalue weighted by Gasteiger charge is 2.38. The molecule has 102 valence electrons.